The maximum absolute atomic E-state index is 11.5. The molecule has 1 atom stereocenters. The van der Waals surface area contributed by atoms with Crippen molar-refractivity contribution in [2.24, 2.45) is 0 Å². The number of nitrogens with one attached hydrogen (secondary N) is 1. The Kier molecular flexibility index (Phi) is 23.3. The maximum Gasteiger partial charge on any atom is 0 e. The molecule has 7 heteroatoms. The van der Waals surface area contributed by atoms with Gasteiger partial charge in [-0.2, -0.15) is 0 Å². The molecule has 0 radical (unpaired) electrons. The molecular formula is C16H19CrNO5. The van der Waals surface area contributed by atoms with E-state index in [-0.39, 0.29) is 29.5 Å². The maximum atomic E-state index is 11.5. The zero-order chi connectivity index (χ0) is 18.2. The standard InChI is InChI=1S/C13H19NO2.3CO.Cr/c1-10(11-8-6-5-7-9-11)14-12(15)16-13(2,3)4;3*1-2;/h5-10H,1-4H3,(H,14,15);;;;/t10-;;;;/m1..../s1. The van der Waals surface area contributed by atoms with Crippen molar-refractivity contribution in [1.82, 2.24) is 5.32 Å². The van der Waals surface area contributed by atoms with E-state index in [0.29, 0.717) is 0 Å². The number of hydrogen-bond donors (Lipinski definition) is 1. The molecular weight excluding hydrogens is 338 g/mol. The van der Waals surface area contributed by atoms with E-state index in [1.807, 2.05) is 58.0 Å². The van der Waals surface area contributed by atoms with Gasteiger partial charge in [0.2, 0.25) is 0 Å². The summed E-state index contributed by atoms with van der Waals surface area (Å²) in [5, 5.41) is 2.79. The van der Waals surface area contributed by atoms with Gasteiger partial charge in [0.1, 0.15) is 5.60 Å². The molecule has 0 aliphatic rings. The molecule has 1 amide bonds. The number of hydrogen-bond acceptors (Lipinski definition) is 2. The largest absolute Gasteiger partial charge is 0 e. The first-order valence-electron chi connectivity index (χ1n) is 6.04. The van der Waals surface area contributed by atoms with Gasteiger partial charge in [-0.1, -0.05) is 30.3 Å². The number of carbonyl (C=O) groups excluding carboxylic acids is 1. The molecule has 1 rings (SSSR count). The van der Waals surface area contributed by atoms with Crippen molar-refractivity contribution in [2.75, 3.05) is 0 Å². The molecule has 0 aliphatic heterocycles. The second kappa shape index (κ2) is 18.3. The third kappa shape index (κ3) is 18.2. The van der Waals surface area contributed by atoms with E-state index >= 15 is 0 Å². The molecule has 124 valence electrons. The quantitative estimate of drug-likeness (QED) is 0.650. The van der Waals surface area contributed by atoms with Crippen LogP contribution in [0, 0.1) is 20.0 Å². The summed E-state index contributed by atoms with van der Waals surface area (Å²) in [4.78, 5) is 11.5. The third-order valence-electron chi connectivity index (χ3n) is 2.03. The van der Waals surface area contributed by atoms with Crippen LogP contribution in [-0.2, 0) is 36.1 Å². The van der Waals surface area contributed by atoms with Crippen molar-refractivity contribution in [3.05, 3.63) is 55.8 Å². The van der Waals surface area contributed by atoms with Crippen LogP contribution in [0.15, 0.2) is 30.3 Å². The molecule has 0 bridgehead atoms. The van der Waals surface area contributed by atoms with Crippen LogP contribution in [0.2, 0.25) is 0 Å². The van der Waals surface area contributed by atoms with Crippen molar-refractivity contribution in [3.63, 3.8) is 0 Å². The predicted octanol–water partition coefficient (Wildman–Crippen LogP) is 3.16. The van der Waals surface area contributed by atoms with Crippen molar-refractivity contribution in [1.29, 1.82) is 0 Å². The fourth-order valence-corrected chi connectivity index (χ4v) is 1.31. The zero-order valence-electron chi connectivity index (χ0n) is 13.4. The van der Waals surface area contributed by atoms with Gasteiger partial charge in [-0.3, -0.25) is 0 Å². The zero-order valence-corrected chi connectivity index (χ0v) is 14.7. The summed E-state index contributed by atoms with van der Waals surface area (Å²) < 4.78 is 27.7. The Bertz CT molecular complexity index is 449. The van der Waals surface area contributed by atoms with Gasteiger partial charge in [-0.15, -0.1) is 0 Å². The minimum atomic E-state index is -0.458. The first-order valence-corrected chi connectivity index (χ1v) is 6.04. The van der Waals surface area contributed by atoms with Crippen LogP contribution >= 0.6 is 0 Å². The second-order valence-electron chi connectivity index (χ2n) is 4.78. The summed E-state index contributed by atoms with van der Waals surface area (Å²) in [5.41, 5.74) is 0.605. The summed E-state index contributed by atoms with van der Waals surface area (Å²) in [7, 11) is 0. The molecule has 0 saturated heterocycles. The molecule has 0 spiro atoms. The number of ether oxygens (including phenoxy) is 1. The Balaban J connectivity index is -0.000000231. The first kappa shape index (κ1) is 29.3. The number of rotatable bonds is 2. The average Bonchev–Trinajstić information content (AvgIpc) is 2.52. The average molecular weight is 357 g/mol. The Labute approximate surface area is 147 Å². The Morgan fingerprint density at radius 2 is 1.43 bits per heavy atom. The van der Waals surface area contributed by atoms with Crippen LogP contribution in [0.25, 0.3) is 0 Å². The monoisotopic (exact) mass is 357 g/mol. The van der Waals surface area contributed by atoms with Crippen molar-refractivity contribution in [2.45, 2.75) is 39.3 Å². The van der Waals surface area contributed by atoms with Crippen molar-refractivity contribution >= 4 is 6.09 Å². The van der Waals surface area contributed by atoms with Gasteiger partial charge in [0, 0.05) is 17.4 Å². The minimum Gasteiger partial charge on any atom is 0 e. The van der Waals surface area contributed by atoms with Gasteiger partial charge in [0.25, 0.3) is 0 Å². The van der Waals surface area contributed by atoms with E-state index < -0.39 is 5.60 Å². The summed E-state index contributed by atoms with van der Waals surface area (Å²) in [6.45, 7) is 21.0. The molecule has 0 saturated carbocycles. The van der Waals surface area contributed by atoms with Gasteiger partial charge in [0.05, 0.1) is 6.04 Å². The van der Waals surface area contributed by atoms with E-state index in [9.17, 15) is 4.79 Å². The summed E-state index contributed by atoms with van der Waals surface area (Å²) >= 11 is 0. The van der Waals surface area contributed by atoms with Gasteiger partial charge in [-0.25, -0.2) is 4.79 Å². The normalized spacial score (nSPS) is 9.30. The Hall–Kier alpha value is -1.76. The number of carbonyl (C=O) groups is 1. The van der Waals surface area contributed by atoms with Crippen LogP contribution in [0.4, 0.5) is 4.79 Å². The molecule has 1 aromatic carbocycles. The molecule has 0 unspecified atom stereocenters. The summed E-state index contributed by atoms with van der Waals surface area (Å²) in [6, 6.07) is 9.75. The molecule has 23 heavy (non-hydrogen) atoms. The van der Waals surface area contributed by atoms with Gasteiger partial charge in [0.15, 0.2) is 0 Å². The molecule has 6 nitrogen and oxygen atoms in total. The van der Waals surface area contributed by atoms with Gasteiger partial charge < -0.3 is 10.1 Å². The van der Waals surface area contributed by atoms with Gasteiger partial charge in [-0.05, 0) is 33.3 Å². The second-order valence-corrected chi connectivity index (χ2v) is 4.78. The number of benzene rings is 1. The van der Waals surface area contributed by atoms with Crippen molar-refractivity contribution < 1.29 is 40.8 Å². The molecule has 1 N–H and O–H groups in total. The summed E-state index contributed by atoms with van der Waals surface area (Å²) in [6.07, 6.45) is -0.385. The molecule has 0 heterocycles. The van der Waals surface area contributed by atoms with Crippen LogP contribution in [0.5, 0.6) is 0 Å². The van der Waals surface area contributed by atoms with E-state index in [2.05, 4.69) is 25.3 Å². The molecule has 0 aliphatic carbocycles. The van der Waals surface area contributed by atoms with Crippen LogP contribution in [0.1, 0.15) is 39.3 Å². The third-order valence-corrected chi connectivity index (χ3v) is 2.03. The first-order chi connectivity index (χ1) is 10.4. The van der Waals surface area contributed by atoms with Crippen LogP contribution < -0.4 is 5.32 Å². The topological polar surface area (TPSA) is 98.0 Å². The Morgan fingerprint density at radius 3 is 1.78 bits per heavy atom. The van der Waals surface area contributed by atoms with E-state index in [0.717, 1.165) is 5.56 Å². The fourth-order valence-electron chi connectivity index (χ4n) is 1.31. The molecule has 1 aromatic rings. The van der Waals surface area contributed by atoms with E-state index in [1.54, 1.807) is 0 Å². The smallest absolute Gasteiger partial charge is 0 e. The van der Waals surface area contributed by atoms with Crippen molar-refractivity contribution in [3.8, 4) is 0 Å². The molecule has 0 aromatic heterocycles. The molecule has 0 fully saturated rings. The predicted molar refractivity (Wildman–Crippen MR) is 76.0 cm³/mol. The van der Waals surface area contributed by atoms with E-state index in [4.69, 9.17) is 18.7 Å². The number of alkyl carbamates (subject to hydrolysis) is 1. The van der Waals surface area contributed by atoms with Crippen LogP contribution in [0.3, 0.4) is 0 Å². The number of amides is 1. The van der Waals surface area contributed by atoms with Crippen LogP contribution in [-0.4, -0.2) is 11.7 Å². The minimum absolute atomic E-state index is 0. The van der Waals surface area contributed by atoms with Gasteiger partial charge >= 0.3 is 40.0 Å². The summed E-state index contributed by atoms with van der Waals surface area (Å²) in [5.74, 6) is 0. The van der Waals surface area contributed by atoms with E-state index in [1.165, 1.54) is 0 Å². The SMILES string of the molecule is C[C@@H](NC(=O)OC(C)(C)C)c1ccccc1.[C-]#[O+].[C-]#[O+].[C-]#[O+].[Cr]. The fraction of sp³-hybridized carbons (Fsp3) is 0.375. The Morgan fingerprint density at radius 1 is 1.04 bits per heavy atom.